The summed E-state index contributed by atoms with van der Waals surface area (Å²) in [5, 5.41) is 6.45. The third-order valence-electron chi connectivity index (χ3n) is 3.49. The van der Waals surface area contributed by atoms with Crippen molar-refractivity contribution in [2.24, 2.45) is 0 Å². The molecule has 1 unspecified atom stereocenters. The van der Waals surface area contributed by atoms with Crippen LogP contribution in [0.1, 0.15) is 16.6 Å². The Hall–Kier alpha value is -0.300. The molecule has 2 N–H and O–H groups in total. The first kappa shape index (κ1) is 15.6. The van der Waals surface area contributed by atoms with E-state index in [0.717, 1.165) is 23.7 Å². The van der Waals surface area contributed by atoms with Gasteiger partial charge in [0, 0.05) is 47.7 Å². The molecule has 1 aromatic carbocycles. The van der Waals surface area contributed by atoms with Gasteiger partial charge in [-0.3, -0.25) is 4.79 Å². The molecule has 2 aliphatic heterocycles. The fourth-order valence-corrected chi connectivity index (χ4v) is 6.29. The van der Waals surface area contributed by atoms with Crippen LogP contribution in [0.4, 0.5) is 5.69 Å². The largest absolute Gasteiger partial charge is 0.326 e. The molecule has 1 atom stereocenters. The second-order valence-corrected chi connectivity index (χ2v) is 9.05. The summed E-state index contributed by atoms with van der Waals surface area (Å²) in [6, 6.07) is 8.61. The average molecular weight is 341 g/mol. The molecular weight excluding hydrogens is 320 g/mol. The van der Waals surface area contributed by atoms with Gasteiger partial charge in [-0.2, -0.15) is 11.8 Å². The summed E-state index contributed by atoms with van der Waals surface area (Å²) in [5.41, 5.74) is 2.24. The Morgan fingerprint density at radius 1 is 1.29 bits per heavy atom. The van der Waals surface area contributed by atoms with E-state index in [-0.39, 0.29) is 5.91 Å². The number of carbonyl (C=O) groups excluding carboxylic acids is 1. The molecule has 0 bridgehead atoms. The van der Waals surface area contributed by atoms with Gasteiger partial charge in [0.2, 0.25) is 5.91 Å². The van der Waals surface area contributed by atoms with Gasteiger partial charge in [0.25, 0.3) is 0 Å². The van der Waals surface area contributed by atoms with Gasteiger partial charge in [-0.05, 0) is 17.7 Å². The Bertz CT molecular complexity index is 486. The molecule has 2 saturated heterocycles. The van der Waals surface area contributed by atoms with Gasteiger partial charge < -0.3 is 10.6 Å². The normalized spacial score (nSPS) is 23.1. The molecule has 2 fully saturated rings. The lowest BCUT2D eigenvalue weighted by Gasteiger charge is -2.22. The summed E-state index contributed by atoms with van der Waals surface area (Å²) in [5.74, 6) is 4.73. The van der Waals surface area contributed by atoms with Crippen LogP contribution in [0.15, 0.2) is 24.3 Å². The van der Waals surface area contributed by atoms with Crippen LogP contribution in [-0.4, -0.2) is 41.5 Å². The number of hydrogen-bond acceptors (Lipinski definition) is 5. The highest BCUT2D eigenvalue weighted by Crippen LogP contribution is 2.45. The number of nitrogens with one attached hydrogen (secondary N) is 2. The van der Waals surface area contributed by atoms with Crippen molar-refractivity contribution < 1.29 is 4.79 Å². The summed E-state index contributed by atoms with van der Waals surface area (Å²) < 4.78 is 0.526. The highest BCUT2D eigenvalue weighted by atomic mass is 32.2. The van der Waals surface area contributed by atoms with E-state index in [1.54, 1.807) is 0 Å². The van der Waals surface area contributed by atoms with Crippen molar-refractivity contribution in [2.45, 2.75) is 17.0 Å². The first-order valence-electron chi connectivity index (χ1n) is 7.25. The lowest BCUT2D eigenvalue weighted by Crippen LogP contribution is -2.39. The second-order valence-electron chi connectivity index (χ2n) is 5.18. The van der Waals surface area contributed by atoms with Gasteiger partial charge in [-0.15, -0.1) is 23.5 Å². The van der Waals surface area contributed by atoms with E-state index in [0.29, 0.717) is 17.0 Å². The number of rotatable bonds is 4. The topological polar surface area (TPSA) is 41.1 Å². The van der Waals surface area contributed by atoms with Crippen LogP contribution in [0.25, 0.3) is 0 Å². The molecule has 2 aliphatic rings. The molecule has 21 heavy (non-hydrogen) atoms. The number of amides is 1. The van der Waals surface area contributed by atoms with E-state index >= 15 is 0 Å². The third-order valence-corrected chi connectivity index (χ3v) is 7.73. The van der Waals surface area contributed by atoms with Crippen molar-refractivity contribution in [3.8, 4) is 0 Å². The Kier molecular flexibility index (Phi) is 5.80. The van der Waals surface area contributed by atoms with Crippen LogP contribution in [0.2, 0.25) is 0 Å². The summed E-state index contributed by atoms with van der Waals surface area (Å²) in [6.45, 7) is 1.01. The van der Waals surface area contributed by atoms with Crippen LogP contribution < -0.4 is 10.6 Å². The van der Waals surface area contributed by atoms with Crippen LogP contribution in [0.3, 0.4) is 0 Å². The minimum atomic E-state index is 0.110. The van der Waals surface area contributed by atoms with Crippen molar-refractivity contribution in [1.29, 1.82) is 0 Å². The maximum atomic E-state index is 12.1. The number of hydrogen-bond donors (Lipinski definition) is 2. The van der Waals surface area contributed by atoms with Crippen molar-refractivity contribution in [3.05, 3.63) is 29.8 Å². The summed E-state index contributed by atoms with van der Waals surface area (Å²) in [4.78, 5) is 12.1. The molecule has 3 nitrogen and oxygen atoms in total. The molecule has 0 aromatic heterocycles. The minimum Gasteiger partial charge on any atom is -0.326 e. The first-order valence-corrected chi connectivity index (χ1v) is 10.5. The molecule has 2 heterocycles. The SMILES string of the molecule is O=C(CC1CSCCN1)Nc1cccc(C2SCCS2)c1. The molecule has 0 saturated carbocycles. The molecule has 0 radical (unpaired) electrons. The van der Waals surface area contributed by atoms with E-state index in [4.69, 9.17) is 0 Å². The van der Waals surface area contributed by atoms with Gasteiger partial charge in [0.15, 0.2) is 0 Å². The number of carbonyl (C=O) groups is 1. The molecule has 114 valence electrons. The van der Waals surface area contributed by atoms with Crippen molar-refractivity contribution >= 4 is 46.9 Å². The van der Waals surface area contributed by atoms with E-state index in [1.807, 2.05) is 47.4 Å². The zero-order valence-corrected chi connectivity index (χ0v) is 14.3. The Labute approximate surface area is 138 Å². The van der Waals surface area contributed by atoms with E-state index in [9.17, 15) is 4.79 Å². The predicted octanol–water partition coefficient (Wildman–Crippen LogP) is 3.20. The highest BCUT2D eigenvalue weighted by molar-refractivity contribution is 8.19. The molecule has 0 spiro atoms. The lowest BCUT2D eigenvalue weighted by atomic mass is 10.2. The maximum Gasteiger partial charge on any atom is 0.225 e. The quantitative estimate of drug-likeness (QED) is 0.881. The first-order chi connectivity index (χ1) is 10.3. The second kappa shape index (κ2) is 7.81. The Balaban J connectivity index is 1.56. The predicted molar refractivity (Wildman–Crippen MR) is 96.5 cm³/mol. The van der Waals surface area contributed by atoms with Gasteiger partial charge in [-0.1, -0.05) is 12.1 Å². The molecule has 6 heteroatoms. The Morgan fingerprint density at radius 3 is 2.90 bits per heavy atom. The van der Waals surface area contributed by atoms with Crippen LogP contribution in [-0.2, 0) is 4.79 Å². The Morgan fingerprint density at radius 2 is 2.14 bits per heavy atom. The fraction of sp³-hybridized carbons (Fsp3) is 0.533. The lowest BCUT2D eigenvalue weighted by molar-refractivity contribution is -0.116. The highest BCUT2D eigenvalue weighted by Gasteiger charge is 2.19. The molecule has 0 aliphatic carbocycles. The van der Waals surface area contributed by atoms with Gasteiger partial charge in [0.05, 0.1) is 4.58 Å². The van der Waals surface area contributed by atoms with Crippen LogP contribution in [0.5, 0.6) is 0 Å². The van der Waals surface area contributed by atoms with E-state index in [1.165, 1.54) is 17.1 Å². The number of benzene rings is 1. The van der Waals surface area contributed by atoms with Gasteiger partial charge in [0.1, 0.15) is 0 Å². The number of anilines is 1. The maximum absolute atomic E-state index is 12.1. The molecule has 3 rings (SSSR count). The monoisotopic (exact) mass is 340 g/mol. The molecule has 1 aromatic rings. The standard InChI is InChI=1S/C15H20N2OS3/c18-14(9-13-10-19-5-4-16-13)17-12-3-1-2-11(8-12)15-20-6-7-21-15/h1-3,8,13,15-16H,4-7,9-10H2,(H,17,18). The third kappa shape index (κ3) is 4.58. The zero-order valence-electron chi connectivity index (χ0n) is 11.8. The molecular formula is C15H20N2OS3. The van der Waals surface area contributed by atoms with Crippen molar-refractivity contribution in [1.82, 2.24) is 5.32 Å². The summed E-state index contributed by atoms with van der Waals surface area (Å²) >= 11 is 5.90. The molecule has 1 amide bonds. The van der Waals surface area contributed by atoms with Gasteiger partial charge >= 0.3 is 0 Å². The van der Waals surface area contributed by atoms with Crippen LogP contribution in [0, 0.1) is 0 Å². The minimum absolute atomic E-state index is 0.110. The number of thioether (sulfide) groups is 3. The van der Waals surface area contributed by atoms with Gasteiger partial charge in [-0.25, -0.2) is 0 Å². The van der Waals surface area contributed by atoms with Crippen LogP contribution >= 0.6 is 35.3 Å². The average Bonchev–Trinajstić information content (AvgIpc) is 3.02. The summed E-state index contributed by atoms with van der Waals surface area (Å²) in [6.07, 6.45) is 0.560. The summed E-state index contributed by atoms with van der Waals surface area (Å²) in [7, 11) is 0. The van der Waals surface area contributed by atoms with Crippen molar-refractivity contribution in [2.75, 3.05) is 34.9 Å². The smallest absolute Gasteiger partial charge is 0.225 e. The van der Waals surface area contributed by atoms with E-state index in [2.05, 4.69) is 22.8 Å². The van der Waals surface area contributed by atoms with Crippen molar-refractivity contribution in [3.63, 3.8) is 0 Å². The fourth-order valence-electron chi connectivity index (χ4n) is 2.50. The van der Waals surface area contributed by atoms with E-state index < -0.39 is 0 Å². The zero-order chi connectivity index (χ0) is 14.5.